The van der Waals surface area contributed by atoms with E-state index in [0.29, 0.717) is 5.75 Å². The monoisotopic (exact) mass is 376 g/mol. The predicted molar refractivity (Wildman–Crippen MR) is 80.0 cm³/mol. The Morgan fingerprint density at radius 2 is 2.16 bits per heavy atom. The average molecular weight is 376 g/mol. The number of hydrogen-bond donors (Lipinski definition) is 3. The van der Waals surface area contributed by atoms with E-state index in [0.717, 1.165) is 16.7 Å². The molecule has 5 nitrogen and oxygen atoms in total. The first-order chi connectivity index (χ1) is 9.15. The highest BCUT2D eigenvalue weighted by Crippen LogP contribution is 2.13. The minimum Gasteiger partial charge on any atom is -0.491 e. The van der Waals surface area contributed by atoms with Crippen LogP contribution in [0.3, 0.4) is 0 Å². The molecule has 19 heavy (non-hydrogen) atoms. The van der Waals surface area contributed by atoms with E-state index in [1.54, 1.807) is 0 Å². The summed E-state index contributed by atoms with van der Waals surface area (Å²) in [5, 5.41) is 15.5. The van der Waals surface area contributed by atoms with Gasteiger partial charge in [-0.15, -0.1) is 0 Å². The van der Waals surface area contributed by atoms with E-state index < -0.39 is 6.10 Å². The number of aliphatic hydroxyl groups excluding tert-OH is 1. The fourth-order valence-electron chi connectivity index (χ4n) is 1.62. The summed E-state index contributed by atoms with van der Waals surface area (Å²) in [7, 11) is 0. The van der Waals surface area contributed by atoms with E-state index >= 15 is 0 Å². The summed E-state index contributed by atoms with van der Waals surface area (Å²) in [4.78, 5) is 11.5. The summed E-state index contributed by atoms with van der Waals surface area (Å²) in [5.41, 5.74) is 0. The van der Waals surface area contributed by atoms with Gasteiger partial charge in [0.15, 0.2) is 0 Å². The van der Waals surface area contributed by atoms with Crippen molar-refractivity contribution in [2.24, 2.45) is 5.92 Å². The van der Waals surface area contributed by atoms with Crippen LogP contribution in [-0.4, -0.2) is 43.4 Å². The Balaban J connectivity index is 1.65. The quantitative estimate of drug-likeness (QED) is 0.628. The largest absolute Gasteiger partial charge is 0.491 e. The van der Waals surface area contributed by atoms with Crippen LogP contribution in [0.5, 0.6) is 5.75 Å². The van der Waals surface area contributed by atoms with Crippen molar-refractivity contribution in [2.45, 2.75) is 6.10 Å². The molecule has 1 atom stereocenters. The van der Waals surface area contributed by atoms with Crippen LogP contribution in [0.2, 0.25) is 0 Å². The highest BCUT2D eigenvalue weighted by molar-refractivity contribution is 14.1. The van der Waals surface area contributed by atoms with Gasteiger partial charge in [-0.2, -0.15) is 0 Å². The van der Waals surface area contributed by atoms with Crippen molar-refractivity contribution in [3.05, 3.63) is 27.8 Å². The third-order valence-electron chi connectivity index (χ3n) is 2.92. The molecule has 1 aliphatic rings. The van der Waals surface area contributed by atoms with Crippen molar-refractivity contribution in [1.82, 2.24) is 10.6 Å². The lowest BCUT2D eigenvalue weighted by Gasteiger charge is -2.26. The lowest BCUT2D eigenvalue weighted by Crippen LogP contribution is -2.52. The molecule has 0 saturated carbocycles. The minimum absolute atomic E-state index is 0.00735. The number of halogens is 1. The number of ether oxygens (including phenoxy) is 1. The molecule has 6 heteroatoms. The maximum atomic E-state index is 11.5. The minimum atomic E-state index is -0.698. The lowest BCUT2D eigenvalue weighted by molar-refractivity contribution is -0.126. The maximum Gasteiger partial charge on any atom is 0.225 e. The average Bonchev–Trinajstić information content (AvgIpc) is 2.33. The van der Waals surface area contributed by atoms with Crippen molar-refractivity contribution < 1.29 is 14.6 Å². The molecular formula is C13H17IN2O3. The second kappa shape index (κ2) is 7.06. The number of hydrogen-bond acceptors (Lipinski definition) is 4. The van der Waals surface area contributed by atoms with Crippen LogP contribution < -0.4 is 15.4 Å². The van der Waals surface area contributed by atoms with Crippen LogP contribution >= 0.6 is 22.6 Å². The Morgan fingerprint density at radius 3 is 2.74 bits per heavy atom. The normalized spacial score (nSPS) is 16.5. The smallest absolute Gasteiger partial charge is 0.225 e. The molecule has 1 aromatic carbocycles. The highest BCUT2D eigenvalue weighted by atomic mass is 127. The summed E-state index contributed by atoms with van der Waals surface area (Å²) in [6.07, 6.45) is -0.698. The highest BCUT2D eigenvalue weighted by Gasteiger charge is 2.24. The molecule has 2 rings (SSSR count). The molecule has 104 valence electrons. The summed E-state index contributed by atoms with van der Waals surface area (Å²) < 4.78 is 6.57. The molecule has 0 radical (unpaired) electrons. The van der Waals surface area contributed by atoms with Gasteiger partial charge in [-0.1, -0.05) is 0 Å². The van der Waals surface area contributed by atoms with Gasteiger partial charge in [-0.25, -0.2) is 0 Å². The molecule has 1 unspecified atom stereocenters. The molecule has 1 aromatic rings. The van der Waals surface area contributed by atoms with Crippen molar-refractivity contribution in [2.75, 3.05) is 26.2 Å². The molecule has 0 bridgehead atoms. The van der Waals surface area contributed by atoms with Gasteiger partial charge in [0.25, 0.3) is 0 Å². The van der Waals surface area contributed by atoms with E-state index in [1.165, 1.54) is 0 Å². The van der Waals surface area contributed by atoms with Gasteiger partial charge in [0.2, 0.25) is 5.91 Å². The van der Waals surface area contributed by atoms with Crippen LogP contribution in [0.4, 0.5) is 0 Å². The molecule has 0 spiro atoms. The Hall–Kier alpha value is -0.860. The second-order valence-electron chi connectivity index (χ2n) is 4.52. The Bertz CT molecular complexity index is 420. The van der Waals surface area contributed by atoms with Gasteiger partial charge in [0.1, 0.15) is 18.5 Å². The number of carbonyl (C=O) groups excluding carboxylic acids is 1. The summed E-state index contributed by atoms with van der Waals surface area (Å²) in [5.74, 6) is 0.755. The molecule has 0 aromatic heterocycles. The van der Waals surface area contributed by atoms with Gasteiger partial charge in [0, 0.05) is 23.2 Å². The standard InChI is InChI=1S/C13H17IN2O3/c14-10-1-3-12(4-2-10)19-8-11(17)7-16-13(18)9-5-15-6-9/h1-4,9,11,15,17H,5-8H2,(H,16,18). The van der Waals surface area contributed by atoms with Gasteiger partial charge < -0.3 is 20.5 Å². The fraction of sp³-hybridized carbons (Fsp3) is 0.462. The van der Waals surface area contributed by atoms with Crippen LogP contribution in [0.1, 0.15) is 0 Å². The van der Waals surface area contributed by atoms with Crippen molar-refractivity contribution >= 4 is 28.5 Å². The zero-order valence-electron chi connectivity index (χ0n) is 10.4. The number of carbonyl (C=O) groups is 1. The van der Waals surface area contributed by atoms with Crippen molar-refractivity contribution in [1.29, 1.82) is 0 Å². The molecule has 0 aliphatic carbocycles. The number of benzene rings is 1. The maximum absolute atomic E-state index is 11.5. The number of aliphatic hydroxyl groups is 1. The first kappa shape index (κ1) is 14.5. The van der Waals surface area contributed by atoms with Crippen LogP contribution in [0, 0.1) is 9.49 Å². The van der Waals surface area contributed by atoms with E-state index in [9.17, 15) is 9.90 Å². The van der Waals surface area contributed by atoms with E-state index in [2.05, 4.69) is 33.2 Å². The third kappa shape index (κ3) is 4.63. The zero-order chi connectivity index (χ0) is 13.7. The fourth-order valence-corrected chi connectivity index (χ4v) is 1.98. The van der Waals surface area contributed by atoms with E-state index in [1.807, 2.05) is 24.3 Å². The summed E-state index contributed by atoms with van der Waals surface area (Å²) in [6.45, 7) is 1.84. The molecular weight excluding hydrogens is 359 g/mol. The molecule has 1 heterocycles. The molecule has 1 fully saturated rings. The first-order valence-corrected chi connectivity index (χ1v) is 7.28. The Labute approximate surface area is 125 Å². The van der Waals surface area contributed by atoms with E-state index in [4.69, 9.17) is 4.74 Å². The van der Waals surface area contributed by atoms with E-state index in [-0.39, 0.29) is 25.0 Å². The Kier molecular flexibility index (Phi) is 5.41. The van der Waals surface area contributed by atoms with Gasteiger partial charge in [-0.05, 0) is 46.9 Å². The van der Waals surface area contributed by atoms with Crippen LogP contribution in [0.15, 0.2) is 24.3 Å². The second-order valence-corrected chi connectivity index (χ2v) is 5.76. The third-order valence-corrected chi connectivity index (χ3v) is 3.64. The molecule has 1 aliphatic heterocycles. The molecule has 1 saturated heterocycles. The van der Waals surface area contributed by atoms with Gasteiger partial charge >= 0.3 is 0 Å². The molecule has 1 amide bonds. The van der Waals surface area contributed by atoms with Crippen molar-refractivity contribution in [3.63, 3.8) is 0 Å². The SMILES string of the molecule is O=C(NCC(O)COc1ccc(I)cc1)C1CNC1. The summed E-state index contributed by atoms with van der Waals surface area (Å²) in [6, 6.07) is 7.58. The summed E-state index contributed by atoms with van der Waals surface area (Å²) >= 11 is 2.22. The van der Waals surface area contributed by atoms with Gasteiger partial charge in [-0.3, -0.25) is 4.79 Å². The van der Waals surface area contributed by atoms with Crippen LogP contribution in [-0.2, 0) is 4.79 Å². The van der Waals surface area contributed by atoms with Crippen molar-refractivity contribution in [3.8, 4) is 5.75 Å². The van der Waals surface area contributed by atoms with Gasteiger partial charge in [0.05, 0.1) is 5.92 Å². The number of nitrogens with one attached hydrogen (secondary N) is 2. The Morgan fingerprint density at radius 1 is 1.47 bits per heavy atom. The lowest BCUT2D eigenvalue weighted by atomic mass is 10.0. The first-order valence-electron chi connectivity index (χ1n) is 6.20. The zero-order valence-corrected chi connectivity index (χ0v) is 12.6. The molecule has 3 N–H and O–H groups in total. The number of rotatable bonds is 6. The van der Waals surface area contributed by atoms with Crippen LogP contribution in [0.25, 0.3) is 0 Å². The predicted octanol–water partition coefficient (Wildman–Crippen LogP) is 0.366. The number of amides is 1. The topological polar surface area (TPSA) is 70.6 Å².